The summed E-state index contributed by atoms with van der Waals surface area (Å²) in [4.78, 5) is 1.59. The van der Waals surface area contributed by atoms with E-state index in [-0.39, 0.29) is 19.5 Å². The molecule has 1 aliphatic heterocycles. The number of halogens is 4. The Morgan fingerprint density at radius 3 is 2.63 bits per heavy atom. The van der Waals surface area contributed by atoms with Crippen LogP contribution in [-0.4, -0.2) is 19.3 Å². The van der Waals surface area contributed by atoms with Crippen molar-refractivity contribution in [3.63, 3.8) is 0 Å². The molecule has 19 heavy (non-hydrogen) atoms. The number of anilines is 1. The molecule has 1 aliphatic rings. The predicted molar refractivity (Wildman–Crippen MR) is 65.3 cm³/mol. The Bertz CT molecular complexity index is 445. The number of hydrogen-bond acceptors (Lipinski definition) is 2. The van der Waals surface area contributed by atoms with E-state index in [1.165, 1.54) is 12.1 Å². The van der Waals surface area contributed by atoms with Crippen LogP contribution in [0.15, 0.2) is 18.2 Å². The summed E-state index contributed by atoms with van der Waals surface area (Å²) in [5.74, 6) is -1.81. The van der Waals surface area contributed by atoms with E-state index in [9.17, 15) is 17.6 Å². The normalized spacial score (nSPS) is 20.7. The smallest absolute Gasteiger partial charge is 0.371 e. The van der Waals surface area contributed by atoms with Crippen molar-refractivity contribution in [2.45, 2.75) is 25.6 Å². The number of piperidine rings is 1. The Morgan fingerprint density at radius 2 is 2.00 bits per heavy atom. The number of hydrogen-bond donors (Lipinski definition) is 1. The SMILES string of the molecule is NCc1cc(F)cc(N2CCCC(C(F)(F)F)C2)c1. The molecule has 0 radical (unpaired) electrons. The van der Waals surface area contributed by atoms with Crippen LogP contribution in [0.1, 0.15) is 18.4 Å². The first kappa shape index (κ1) is 14.1. The molecule has 2 N–H and O–H groups in total. The van der Waals surface area contributed by atoms with Gasteiger partial charge in [0.1, 0.15) is 5.82 Å². The molecule has 0 aliphatic carbocycles. The summed E-state index contributed by atoms with van der Waals surface area (Å²) in [7, 11) is 0. The molecule has 1 unspecified atom stereocenters. The highest BCUT2D eigenvalue weighted by molar-refractivity contribution is 5.49. The fraction of sp³-hybridized carbons (Fsp3) is 0.538. The van der Waals surface area contributed by atoms with Gasteiger partial charge in [0, 0.05) is 25.3 Å². The molecule has 6 heteroatoms. The second-order valence-electron chi connectivity index (χ2n) is 4.85. The highest BCUT2D eigenvalue weighted by Crippen LogP contribution is 2.35. The zero-order chi connectivity index (χ0) is 14.0. The topological polar surface area (TPSA) is 29.3 Å². The fourth-order valence-corrected chi connectivity index (χ4v) is 2.41. The summed E-state index contributed by atoms with van der Waals surface area (Å²) in [6.45, 7) is 0.568. The molecule has 1 aromatic carbocycles. The van der Waals surface area contributed by atoms with Gasteiger partial charge in [-0.15, -0.1) is 0 Å². The first-order valence-electron chi connectivity index (χ1n) is 6.21. The quantitative estimate of drug-likeness (QED) is 0.841. The molecule has 2 rings (SSSR count). The van der Waals surface area contributed by atoms with Crippen LogP contribution in [0.4, 0.5) is 23.2 Å². The molecule has 0 amide bonds. The lowest BCUT2D eigenvalue weighted by Gasteiger charge is -2.35. The van der Waals surface area contributed by atoms with Gasteiger partial charge >= 0.3 is 6.18 Å². The van der Waals surface area contributed by atoms with Gasteiger partial charge in [-0.3, -0.25) is 0 Å². The van der Waals surface area contributed by atoms with E-state index in [2.05, 4.69) is 0 Å². The molecule has 1 atom stereocenters. The van der Waals surface area contributed by atoms with E-state index in [0.29, 0.717) is 24.2 Å². The van der Waals surface area contributed by atoms with E-state index < -0.39 is 17.9 Å². The predicted octanol–water partition coefficient (Wildman–Crippen LogP) is 3.06. The van der Waals surface area contributed by atoms with E-state index in [4.69, 9.17) is 5.73 Å². The van der Waals surface area contributed by atoms with Crippen molar-refractivity contribution in [2.24, 2.45) is 11.7 Å². The minimum Gasteiger partial charge on any atom is -0.371 e. The highest BCUT2D eigenvalue weighted by Gasteiger charge is 2.41. The monoisotopic (exact) mass is 276 g/mol. The molecular weight excluding hydrogens is 260 g/mol. The van der Waals surface area contributed by atoms with Gasteiger partial charge in [-0.05, 0) is 36.6 Å². The molecule has 106 valence electrons. The van der Waals surface area contributed by atoms with Gasteiger partial charge in [-0.2, -0.15) is 13.2 Å². The van der Waals surface area contributed by atoms with E-state index in [1.807, 2.05) is 0 Å². The minimum absolute atomic E-state index is 0.114. The average Bonchev–Trinajstić information content (AvgIpc) is 2.37. The van der Waals surface area contributed by atoms with Crippen LogP contribution < -0.4 is 10.6 Å². The Labute approximate surface area is 109 Å². The third kappa shape index (κ3) is 3.37. The van der Waals surface area contributed by atoms with E-state index in [0.717, 1.165) is 0 Å². The zero-order valence-corrected chi connectivity index (χ0v) is 10.4. The number of nitrogens with zero attached hydrogens (tertiary/aromatic N) is 1. The summed E-state index contributed by atoms with van der Waals surface area (Å²) in [6, 6.07) is 4.22. The van der Waals surface area contributed by atoms with Gasteiger partial charge in [0.25, 0.3) is 0 Å². The van der Waals surface area contributed by atoms with Crippen molar-refractivity contribution < 1.29 is 17.6 Å². The number of nitrogens with two attached hydrogens (primary N) is 1. The maximum absolute atomic E-state index is 13.4. The molecule has 0 saturated carbocycles. The van der Waals surface area contributed by atoms with Crippen molar-refractivity contribution >= 4 is 5.69 Å². The maximum Gasteiger partial charge on any atom is 0.393 e. The molecular formula is C13H16F4N2. The first-order chi connectivity index (χ1) is 8.90. The second-order valence-corrected chi connectivity index (χ2v) is 4.85. The zero-order valence-electron chi connectivity index (χ0n) is 10.4. The van der Waals surface area contributed by atoms with E-state index >= 15 is 0 Å². The molecule has 1 heterocycles. The van der Waals surface area contributed by atoms with Gasteiger partial charge in [0.2, 0.25) is 0 Å². The third-order valence-electron chi connectivity index (χ3n) is 3.43. The van der Waals surface area contributed by atoms with Gasteiger partial charge in [0.15, 0.2) is 0 Å². The largest absolute Gasteiger partial charge is 0.393 e. The highest BCUT2D eigenvalue weighted by atomic mass is 19.4. The van der Waals surface area contributed by atoms with Crippen LogP contribution >= 0.6 is 0 Å². The maximum atomic E-state index is 13.4. The summed E-state index contributed by atoms with van der Waals surface area (Å²) < 4.78 is 51.6. The molecule has 1 fully saturated rings. The molecule has 1 saturated heterocycles. The lowest BCUT2D eigenvalue weighted by atomic mass is 9.97. The van der Waals surface area contributed by atoms with Crippen LogP contribution in [0.2, 0.25) is 0 Å². The first-order valence-corrected chi connectivity index (χ1v) is 6.21. The van der Waals surface area contributed by atoms with Gasteiger partial charge in [-0.1, -0.05) is 0 Å². The molecule has 2 nitrogen and oxygen atoms in total. The fourth-order valence-electron chi connectivity index (χ4n) is 2.41. The number of benzene rings is 1. The standard InChI is InChI=1S/C13H16F4N2/c14-11-4-9(7-18)5-12(6-11)19-3-1-2-10(8-19)13(15,16)17/h4-6,10H,1-3,7-8,18H2. The van der Waals surface area contributed by atoms with Gasteiger partial charge in [0.05, 0.1) is 5.92 Å². The van der Waals surface area contributed by atoms with E-state index in [1.54, 1.807) is 11.0 Å². The molecule has 0 bridgehead atoms. The average molecular weight is 276 g/mol. The summed E-state index contributed by atoms with van der Waals surface area (Å²) in [5.41, 5.74) is 6.52. The Balaban J connectivity index is 2.19. The van der Waals surface area contributed by atoms with Crippen LogP contribution in [0.25, 0.3) is 0 Å². The van der Waals surface area contributed by atoms with Crippen LogP contribution in [0, 0.1) is 11.7 Å². The Morgan fingerprint density at radius 1 is 1.26 bits per heavy atom. The Hall–Kier alpha value is -1.30. The van der Waals surface area contributed by atoms with Gasteiger partial charge in [-0.25, -0.2) is 4.39 Å². The Kier molecular flexibility index (Phi) is 3.99. The molecule has 0 aromatic heterocycles. The van der Waals surface area contributed by atoms with Crippen molar-refractivity contribution in [1.82, 2.24) is 0 Å². The van der Waals surface area contributed by atoms with Crippen molar-refractivity contribution in [2.75, 3.05) is 18.0 Å². The van der Waals surface area contributed by atoms with Crippen LogP contribution in [-0.2, 0) is 6.54 Å². The lowest BCUT2D eigenvalue weighted by molar-refractivity contribution is -0.175. The van der Waals surface area contributed by atoms with Gasteiger partial charge < -0.3 is 10.6 Å². The molecule has 1 aromatic rings. The second kappa shape index (κ2) is 5.36. The van der Waals surface area contributed by atoms with Crippen molar-refractivity contribution in [1.29, 1.82) is 0 Å². The van der Waals surface area contributed by atoms with Crippen molar-refractivity contribution in [3.05, 3.63) is 29.6 Å². The summed E-state index contributed by atoms with van der Waals surface area (Å²) in [6.07, 6.45) is -3.60. The minimum atomic E-state index is -4.19. The third-order valence-corrected chi connectivity index (χ3v) is 3.43. The number of alkyl halides is 3. The lowest BCUT2D eigenvalue weighted by Crippen LogP contribution is -2.41. The van der Waals surface area contributed by atoms with Crippen molar-refractivity contribution in [3.8, 4) is 0 Å². The molecule has 0 spiro atoms. The summed E-state index contributed by atoms with van der Waals surface area (Å²) in [5, 5.41) is 0. The van der Waals surface area contributed by atoms with Crippen LogP contribution in [0.5, 0.6) is 0 Å². The summed E-state index contributed by atoms with van der Waals surface area (Å²) >= 11 is 0. The van der Waals surface area contributed by atoms with Crippen LogP contribution in [0.3, 0.4) is 0 Å². The number of rotatable bonds is 2.